The minimum atomic E-state index is -0.0124. The number of fused-ring (bicyclic) bond motifs is 1. The summed E-state index contributed by atoms with van der Waals surface area (Å²) in [5.74, 6) is 6.28. The van der Waals surface area contributed by atoms with Crippen molar-refractivity contribution in [1.29, 1.82) is 0 Å². The first-order valence-electron chi connectivity index (χ1n) is 6.87. The van der Waals surface area contributed by atoms with Gasteiger partial charge in [-0.25, -0.2) is 5.84 Å². The van der Waals surface area contributed by atoms with E-state index in [0.717, 1.165) is 13.1 Å². The van der Waals surface area contributed by atoms with Crippen molar-refractivity contribution < 1.29 is 4.74 Å². The van der Waals surface area contributed by atoms with Crippen molar-refractivity contribution in [3.8, 4) is 6.01 Å². The Hall–Kier alpha value is -2.41. The Bertz CT molecular complexity index is 620. The molecule has 7 heteroatoms. The molecule has 0 radical (unpaired) electrons. The van der Waals surface area contributed by atoms with Crippen LogP contribution in [0.5, 0.6) is 6.01 Å². The predicted molar refractivity (Wildman–Crippen MR) is 79.7 cm³/mol. The molecule has 0 spiro atoms. The van der Waals surface area contributed by atoms with Gasteiger partial charge in [0.15, 0.2) is 0 Å². The van der Waals surface area contributed by atoms with E-state index in [9.17, 15) is 0 Å². The van der Waals surface area contributed by atoms with E-state index in [1.165, 1.54) is 11.1 Å². The van der Waals surface area contributed by atoms with Crippen LogP contribution in [0, 0.1) is 0 Å². The molecule has 110 valence electrons. The molecule has 7 nitrogen and oxygen atoms in total. The highest BCUT2D eigenvalue weighted by molar-refractivity contribution is 5.45. The summed E-state index contributed by atoms with van der Waals surface area (Å²) in [6.45, 7) is 5.38. The number of nitrogen functional groups attached to an aromatic ring is 1. The van der Waals surface area contributed by atoms with Crippen LogP contribution in [0.1, 0.15) is 25.0 Å². The van der Waals surface area contributed by atoms with Crippen LogP contribution in [-0.2, 0) is 13.1 Å². The molecule has 0 aliphatic carbocycles. The monoisotopic (exact) mass is 286 g/mol. The average molecular weight is 286 g/mol. The lowest BCUT2D eigenvalue weighted by atomic mass is 10.1. The third-order valence-electron chi connectivity index (χ3n) is 3.20. The Kier molecular flexibility index (Phi) is 3.57. The Labute approximate surface area is 123 Å². The molecular formula is C14H18N6O. The molecule has 2 aromatic rings. The van der Waals surface area contributed by atoms with E-state index < -0.39 is 0 Å². The van der Waals surface area contributed by atoms with Crippen LogP contribution in [0.4, 0.5) is 11.9 Å². The fourth-order valence-corrected chi connectivity index (χ4v) is 2.29. The van der Waals surface area contributed by atoms with E-state index in [2.05, 4.69) is 37.4 Å². The van der Waals surface area contributed by atoms with Gasteiger partial charge in [0, 0.05) is 13.1 Å². The van der Waals surface area contributed by atoms with Gasteiger partial charge in [-0.3, -0.25) is 5.43 Å². The van der Waals surface area contributed by atoms with E-state index in [-0.39, 0.29) is 12.1 Å². The number of hydrogen-bond acceptors (Lipinski definition) is 7. The van der Waals surface area contributed by atoms with Crippen LogP contribution in [0.25, 0.3) is 0 Å². The number of ether oxygens (including phenoxy) is 1. The number of hydrazine groups is 1. The molecule has 1 aromatic heterocycles. The summed E-state index contributed by atoms with van der Waals surface area (Å²) < 4.78 is 5.55. The number of rotatable bonds is 4. The first-order chi connectivity index (χ1) is 10.2. The molecule has 1 aliphatic heterocycles. The molecule has 0 fully saturated rings. The second-order valence-electron chi connectivity index (χ2n) is 5.18. The van der Waals surface area contributed by atoms with Crippen LogP contribution >= 0.6 is 0 Å². The summed E-state index contributed by atoms with van der Waals surface area (Å²) in [6, 6.07) is 8.58. The number of nitrogens with two attached hydrogens (primary N) is 1. The van der Waals surface area contributed by atoms with Gasteiger partial charge in [-0.05, 0) is 25.0 Å². The van der Waals surface area contributed by atoms with Crippen molar-refractivity contribution in [3.63, 3.8) is 0 Å². The van der Waals surface area contributed by atoms with Crippen molar-refractivity contribution >= 4 is 11.9 Å². The molecule has 1 aromatic carbocycles. The number of anilines is 2. The van der Waals surface area contributed by atoms with Gasteiger partial charge in [0.05, 0.1) is 6.10 Å². The minimum Gasteiger partial charge on any atom is -0.461 e. The molecule has 0 atom stereocenters. The molecule has 3 rings (SSSR count). The zero-order valence-corrected chi connectivity index (χ0v) is 12.1. The summed E-state index contributed by atoms with van der Waals surface area (Å²) in [5, 5.41) is 0. The fraction of sp³-hybridized carbons (Fsp3) is 0.357. The van der Waals surface area contributed by atoms with E-state index in [0.29, 0.717) is 11.9 Å². The second-order valence-corrected chi connectivity index (χ2v) is 5.18. The van der Waals surface area contributed by atoms with Crippen molar-refractivity contribution in [2.24, 2.45) is 5.84 Å². The lowest BCUT2D eigenvalue weighted by Gasteiger charge is -2.17. The Morgan fingerprint density at radius 1 is 1.14 bits per heavy atom. The highest BCUT2D eigenvalue weighted by atomic mass is 16.5. The van der Waals surface area contributed by atoms with Crippen LogP contribution < -0.4 is 20.9 Å². The molecule has 3 N–H and O–H groups in total. The van der Waals surface area contributed by atoms with E-state index in [1.54, 1.807) is 0 Å². The summed E-state index contributed by atoms with van der Waals surface area (Å²) in [6.07, 6.45) is -0.0124. The maximum absolute atomic E-state index is 5.55. The smallest absolute Gasteiger partial charge is 0.323 e. The summed E-state index contributed by atoms with van der Waals surface area (Å²) >= 11 is 0. The molecule has 0 amide bonds. The fourth-order valence-electron chi connectivity index (χ4n) is 2.29. The minimum absolute atomic E-state index is 0.0124. The van der Waals surface area contributed by atoms with Crippen LogP contribution in [0.2, 0.25) is 0 Å². The van der Waals surface area contributed by atoms with Gasteiger partial charge >= 0.3 is 6.01 Å². The van der Waals surface area contributed by atoms with Crippen molar-refractivity contribution in [3.05, 3.63) is 35.4 Å². The maximum Gasteiger partial charge on any atom is 0.323 e. The lowest BCUT2D eigenvalue weighted by molar-refractivity contribution is 0.222. The van der Waals surface area contributed by atoms with Gasteiger partial charge in [-0.1, -0.05) is 24.3 Å². The lowest BCUT2D eigenvalue weighted by Crippen LogP contribution is -2.21. The van der Waals surface area contributed by atoms with Gasteiger partial charge in [0.25, 0.3) is 0 Å². The van der Waals surface area contributed by atoms with Crippen molar-refractivity contribution in [1.82, 2.24) is 15.0 Å². The van der Waals surface area contributed by atoms with Crippen LogP contribution in [-0.4, -0.2) is 21.1 Å². The zero-order chi connectivity index (χ0) is 14.8. The molecule has 0 saturated carbocycles. The first kappa shape index (κ1) is 13.6. The predicted octanol–water partition coefficient (Wildman–Crippen LogP) is 1.46. The molecule has 0 saturated heterocycles. The number of nitrogens with zero attached hydrogens (tertiary/aromatic N) is 4. The molecule has 21 heavy (non-hydrogen) atoms. The standard InChI is InChI=1S/C14H18N6O/c1-9(2)21-14-17-12(19-15)16-13(18-14)20-7-10-5-3-4-6-11(10)8-20/h3-6,9H,7-8,15H2,1-2H3,(H,16,17,18,19). The van der Waals surface area contributed by atoms with Crippen molar-refractivity contribution in [2.45, 2.75) is 33.0 Å². The Balaban J connectivity index is 1.89. The molecule has 1 aliphatic rings. The second kappa shape index (κ2) is 5.53. The molecule has 0 unspecified atom stereocenters. The highest BCUT2D eigenvalue weighted by Gasteiger charge is 2.22. The summed E-state index contributed by atoms with van der Waals surface area (Å²) in [7, 11) is 0. The van der Waals surface area contributed by atoms with Gasteiger partial charge in [-0.2, -0.15) is 15.0 Å². The summed E-state index contributed by atoms with van der Waals surface area (Å²) in [5.41, 5.74) is 5.02. The topological polar surface area (TPSA) is 89.2 Å². The molecular weight excluding hydrogens is 268 g/mol. The zero-order valence-electron chi connectivity index (χ0n) is 12.1. The van der Waals surface area contributed by atoms with Gasteiger partial charge in [0.1, 0.15) is 0 Å². The normalized spacial score (nSPS) is 13.4. The SMILES string of the molecule is CC(C)Oc1nc(NN)nc(N2Cc3ccccc3C2)n1. The number of aromatic nitrogens is 3. The van der Waals surface area contributed by atoms with Crippen LogP contribution in [0.3, 0.4) is 0 Å². The quantitative estimate of drug-likeness (QED) is 0.649. The third-order valence-corrected chi connectivity index (χ3v) is 3.20. The number of nitrogens with one attached hydrogen (secondary N) is 1. The molecule has 0 bridgehead atoms. The van der Waals surface area contributed by atoms with Crippen LogP contribution in [0.15, 0.2) is 24.3 Å². The highest BCUT2D eigenvalue weighted by Crippen LogP contribution is 2.27. The first-order valence-corrected chi connectivity index (χ1v) is 6.87. The van der Waals surface area contributed by atoms with Crippen molar-refractivity contribution in [2.75, 3.05) is 10.3 Å². The number of benzene rings is 1. The third kappa shape index (κ3) is 2.87. The van der Waals surface area contributed by atoms with E-state index >= 15 is 0 Å². The van der Waals surface area contributed by atoms with Gasteiger partial charge < -0.3 is 9.64 Å². The largest absolute Gasteiger partial charge is 0.461 e. The molecule has 2 heterocycles. The Morgan fingerprint density at radius 3 is 2.38 bits per heavy atom. The van der Waals surface area contributed by atoms with Gasteiger partial charge in [-0.15, -0.1) is 0 Å². The van der Waals surface area contributed by atoms with Gasteiger partial charge in [0.2, 0.25) is 11.9 Å². The maximum atomic E-state index is 5.55. The summed E-state index contributed by atoms with van der Waals surface area (Å²) in [4.78, 5) is 14.9. The van der Waals surface area contributed by atoms with E-state index in [4.69, 9.17) is 10.6 Å². The number of hydrogen-bond donors (Lipinski definition) is 2. The Morgan fingerprint density at radius 2 is 1.81 bits per heavy atom. The average Bonchev–Trinajstić information content (AvgIpc) is 2.90. The van der Waals surface area contributed by atoms with E-state index in [1.807, 2.05) is 26.0 Å².